The molecular weight excluding hydrogens is 230 g/mol. The monoisotopic (exact) mass is 253 g/mol. The van der Waals surface area contributed by atoms with Gasteiger partial charge in [0.15, 0.2) is 0 Å². The van der Waals surface area contributed by atoms with Gasteiger partial charge < -0.3 is 10.1 Å². The number of rotatable bonds is 9. The van der Waals surface area contributed by atoms with Gasteiger partial charge in [-0.15, -0.1) is 0 Å². The molecule has 96 valence electrons. The lowest BCUT2D eigenvalue weighted by atomic mass is 10.1. The highest BCUT2D eigenvalue weighted by atomic mass is 32.2. The van der Waals surface area contributed by atoms with Gasteiger partial charge in [-0.1, -0.05) is 24.3 Å². The zero-order valence-corrected chi connectivity index (χ0v) is 11.7. The van der Waals surface area contributed by atoms with E-state index in [1.807, 2.05) is 11.8 Å². The normalized spacial score (nSPS) is 10.7. The summed E-state index contributed by atoms with van der Waals surface area (Å²) in [5, 5.41) is 3.49. The van der Waals surface area contributed by atoms with Crippen LogP contribution in [0.4, 0.5) is 0 Å². The predicted molar refractivity (Wildman–Crippen MR) is 76.5 cm³/mol. The molecule has 0 atom stereocenters. The van der Waals surface area contributed by atoms with Crippen LogP contribution in [-0.2, 0) is 17.9 Å². The minimum atomic E-state index is 0.699. The maximum absolute atomic E-state index is 5.20. The highest BCUT2D eigenvalue weighted by Crippen LogP contribution is 2.09. The zero-order chi connectivity index (χ0) is 12.3. The fourth-order valence-electron chi connectivity index (χ4n) is 1.75. The maximum Gasteiger partial charge on any atom is 0.0716 e. The number of unbranched alkanes of at least 4 members (excludes halogenated alkanes) is 1. The number of ether oxygens (including phenoxy) is 1. The molecule has 0 aliphatic heterocycles. The largest absolute Gasteiger partial charge is 0.380 e. The Morgan fingerprint density at radius 3 is 2.65 bits per heavy atom. The molecule has 0 bridgehead atoms. The summed E-state index contributed by atoms with van der Waals surface area (Å²) in [6.45, 7) is 2.74. The fourth-order valence-corrected chi connectivity index (χ4v) is 2.24. The Hall–Kier alpha value is -0.510. The third-order valence-corrected chi connectivity index (χ3v) is 3.38. The lowest BCUT2D eigenvalue weighted by molar-refractivity contribution is 0.184. The van der Waals surface area contributed by atoms with Gasteiger partial charge >= 0.3 is 0 Å². The molecule has 3 heteroatoms. The second-order valence-corrected chi connectivity index (χ2v) is 5.06. The average Bonchev–Trinajstić information content (AvgIpc) is 2.36. The standard InChI is InChI=1S/C14H23NOS/c1-16-12-14-8-4-3-7-13(14)11-15-9-5-6-10-17-2/h3-4,7-8,15H,5-6,9-12H2,1-2H3. The lowest BCUT2D eigenvalue weighted by Gasteiger charge is -2.09. The van der Waals surface area contributed by atoms with Crippen LogP contribution in [0.5, 0.6) is 0 Å². The number of nitrogens with one attached hydrogen (secondary N) is 1. The first-order chi connectivity index (χ1) is 8.38. The van der Waals surface area contributed by atoms with Crippen LogP contribution in [0.2, 0.25) is 0 Å². The average molecular weight is 253 g/mol. The molecule has 17 heavy (non-hydrogen) atoms. The number of benzene rings is 1. The first kappa shape index (κ1) is 14.6. The van der Waals surface area contributed by atoms with E-state index in [1.54, 1.807) is 7.11 Å². The maximum atomic E-state index is 5.20. The Labute approximate surface area is 109 Å². The van der Waals surface area contributed by atoms with E-state index < -0.39 is 0 Å². The van der Waals surface area contributed by atoms with Gasteiger partial charge in [0.1, 0.15) is 0 Å². The molecule has 0 aromatic heterocycles. The van der Waals surface area contributed by atoms with E-state index in [1.165, 1.54) is 29.7 Å². The van der Waals surface area contributed by atoms with Crippen LogP contribution in [0.25, 0.3) is 0 Å². The van der Waals surface area contributed by atoms with Crippen LogP contribution in [0.1, 0.15) is 24.0 Å². The second-order valence-electron chi connectivity index (χ2n) is 4.08. The minimum absolute atomic E-state index is 0.699. The summed E-state index contributed by atoms with van der Waals surface area (Å²) < 4.78 is 5.20. The molecule has 0 spiro atoms. The molecule has 1 rings (SSSR count). The topological polar surface area (TPSA) is 21.3 Å². The van der Waals surface area contributed by atoms with Crippen molar-refractivity contribution in [3.8, 4) is 0 Å². The quantitative estimate of drug-likeness (QED) is 0.683. The Bertz CT molecular complexity index is 304. The van der Waals surface area contributed by atoms with Crippen molar-refractivity contribution in [2.45, 2.75) is 26.0 Å². The van der Waals surface area contributed by atoms with Crippen LogP contribution in [0.3, 0.4) is 0 Å². The summed E-state index contributed by atoms with van der Waals surface area (Å²) in [6.07, 6.45) is 4.72. The molecule has 0 heterocycles. The van der Waals surface area contributed by atoms with E-state index in [4.69, 9.17) is 4.74 Å². The van der Waals surface area contributed by atoms with E-state index in [9.17, 15) is 0 Å². The van der Waals surface area contributed by atoms with E-state index in [0.29, 0.717) is 6.61 Å². The highest BCUT2D eigenvalue weighted by Gasteiger charge is 2.00. The molecule has 0 amide bonds. The van der Waals surface area contributed by atoms with Crippen molar-refractivity contribution in [1.29, 1.82) is 0 Å². The van der Waals surface area contributed by atoms with E-state index in [-0.39, 0.29) is 0 Å². The summed E-state index contributed by atoms with van der Waals surface area (Å²) in [6, 6.07) is 8.46. The first-order valence-electron chi connectivity index (χ1n) is 6.14. The molecule has 0 aliphatic rings. The smallest absolute Gasteiger partial charge is 0.0716 e. The van der Waals surface area contributed by atoms with Gasteiger partial charge in [-0.05, 0) is 42.5 Å². The predicted octanol–water partition coefficient (Wildman–Crippen LogP) is 3.07. The summed E-state index contributed by atoms with van der Waals surface area (Å²) in [5.74, 6) is 1.27. The van der Waals surface area contributed by atoms with E-state index >= 15 is 0 Å². The number of hydrogen-bond donors (Lipinski definition) is 1. The van der Waals surface area contributed by atoms with E-state index in [0.717, 1.165) is 13.1 Å². The Morgan fingerprint density at radius 2 is 1.94 bits per heavy atom. The molecule has 1 N–H and O–H groups in total. The lowest BCUT2D eigenvalue weighted by Crippen LogP contribution is -2.16. The van der Waals surface area contributed by atoms with Crippen LogP contribution < -0.4 is 5.32 Å². The van der Waals surface area contributed by atoms with Gasteiger partial charge in [0, 0.05) is 13.7 Å². The molecule has 0 saturated heterocycles. The highest BCUT2D eigenvalue weighted by molar-refractivity contribution is 7.98. The van der Waals surface area contributed by atoms with Gasteiger partial charge in [-0.25, -0.2) is 0 Å². The van der Waals surface area contributed by atoms with Crippen molar-refractivity contribution in [1.82, 2.24) is 5.32 Å². The summed E-state index contributed by atoms with van der Waals surface area (Å²) in [5.41, 5.74) is 2.63. The molecule has 0 saturated carbocycles. The summed E-state index contributed by atoms with van der Waals surface area (Å²) >= 11 is 1.92. The van der Waals surface area contributed by atoms with Crippen LogP contribution >= 0.6 is 11.8 Å². The van der Waals surface area contributed by atoms with Crippen molar-refractivity contribution in [2.24, 2.45) is 0 Å². The molecule has 1 aromatic carbocycles. The Kier molecular flexibility index (Phi) is 8.14. The molecule has 1 aromatic rings. The molecule has 0 aliphatic carbocycles. The molecule has 0 radical (unpaired) electrons. The molecule has 0 fully saturated rings. The van der Waals surface area contributed by atoms with Crippen molar-refractivity contribution < 1.29 is 4.74 Å². The van der Waals surface area contributed by atoms with Gasteiger partial charge in [-0.2, -0.15) is 11.8 Å². The molecule has 2 nitrogen and oxygen atoms in total. The summed E-state index contributed by atoms with van der Waals surface area (Å²) in [4.78, 5) is 0. The van der Waals surface area contributed by atoms with Gasteiger partial charge in [0.05, 0.1) is 6.61 Å². The van der Waals surface area contributed by atoms with Crippen molar-refractivity contribution >= 4 is 11.8 Å². The SMILES string of the molecule is COCc1ccccc1CNCCCCSC. The first-order valence-corrected chi connectivity index (χ1v) is 7.53. The molecule has 0 unspecified atom stereocenters. The van der Waals surface area contributed by atoms with Crippen molar-refractivity contribution in [2.75, 3.05) is 25.7 Å². The van der Waals surface area contributed by atoms with Crippen LogP contribution in [0, 0.1) is 0 Å². The van der Waals surface area contributed by atoms with Gasteiger partial charge in [0.2, 0.25) is 0 Å². The molecular formula is C14H23NOS. The van der Waals surface area contributed by atoms with Crippen LogP contribution in [0.15, 0.2) is 24.3 Å². The van der Waals surface area contributed by atoms with Crippen molar-refractivity contribution in [3.05, 3.63) is 35.4 Å². The second kappa shape index (κ2) is 9.51. The van der Waals surface area contributed by atoms with Crippen LogP contribution in [-0.4, -0.2) is 25.7 Å². The minimum Gasteiger partial charge on any atom is -0.380 e. The number of thioether (sulfide) groups is 1. The zero-order valence-electron chi connectivity index (χ0n) is 10.9. The third-order valence-electron chi connectivity index (χ3n) is 2.69. The van der Waals surface area contributed by atoms with Crippen molar-refractivity contribution in [3.63, 3.8) is 0 Å². The van der Waals surface area contributed by atoms with Gasteiger partial charge in [-0.3, -0.25) is 0 Å². The fraction of sp³-hybridized carbons (Fsp3) is 0.571. The Balaban J connectivity index is 2.25. The number of methoxy groups -OCH3 is 1. The summed E-state index contributed by atoms with van der Waals surface area (Å²) in [7, 11) is 1.74. The third kappa shape index (κ3) is 6.10. The Morgan fingerprint density at radius 1 is 1.18 bits per heavy atom. The number of hydrogen-bond acceptors (Lipinski definition) is 3. The van der Waals surface area contributed by atoms with E-state index in [2.05, 4.69) is 35.8 Å². The van der Waals surface area contributed by atoms with Gasteiger partial charge in [0.25, 0.3) is 0 Å².